The lowest BCUT2D eigenvalue weighted by Crippen LogP contribution is -2.37. The highest BCUT2D eigenvalue weighted by molar-refractivity contribution is 8.03. The standard InChI is InChI=1S/C15H19N2O2S/c1-16-8-10-20-15(16)11-14-17(7-9-18-2)12-5-3-4-6-13(12)19-14/h3-6,11H,7-10H2,1-2H3/q+1. The van der Waals surface area contributed by atoms with Crippen LogP contribution in [0.2, 0.25) is 0 Å². The molecule has 20 heavy (non-hydrogen) atoms. The molecule has 0 radical (unpaired) electrons. The zero-order valence-corrected chi connectivity index (χ0v) is 12.7. The normalized spacial score (nSPS) is 17.5. The van der Waals surface area contributed by atoms with Crippen molar-refractivity contribution >= 4 is 28.9 Å². The largest absolute Gasteiger partial charge is 0.398 e. The number of oxazole rings is 1. The van der Waals surface area contributed by atoms with Crippen LogP contribution >= 0.6 is 11.8 Å². The van der Waals surface area contributed by atoms with E-state index in [0.717, 1.165) is 35.8 Å². The van der Waals surface area contributed by atoms with Crippen LogP contribution in [0.25, 0.3) is 17.2 Å². The van der Waals surface area contributed by atoms with Gasteiger partial charge in [0.15, 0.2) is 6.54 Å². The molecule has 0 amide bonds. The number of hydrogen-bond acceptors (Lipinski definition) is 4. The molecule has 0 bridgehead atoms. The fourth-order valence-corrected chi connectivity index (χ4v) is 3.41. The molecular formula is C15H19N2O2S+. The number of hydrogen-bond donors (Lipinski definition) is 0. The fourth-order valence-electron chi connectivity index (χ4n) is 2.34. The first kappa shape index (κ1) is 13.5. The zero-order valence-electron chi connectivity index (χ0n) is 11.8. The Labute approximate surface area is 123 Å². The maximum Gasteiger partial charge on any atom is 0.376 e. The predicted octanol–water partition coefficient (Wildman–Crippen LogP) is 2.34. The molecule has 0 atom stereocenters. The maximum absolute atomic E-state index is 6.00. The Morgan fingerprint density at radius 3 is 3.05 bits per heavy atom. The van der Waals surface area contributed by atoms with Gasteiger partial charge in [-0.15, -0.1) is 11.8 Å². The predicted molar refractivity (Wildman–Crippen MR) is 81.4 cm³/mol. The van der Waals surface area contributed by atoms with Crippen molar-refractivity contribution in [3.63, 3.8) is 0 Å². The minimum Gasteiger partial charge on any atom is -0.398 e. The van der Waals surface area contributed by atoms with Crippen LogP contribution in [0.15, 0.2) is 33.7 Å². The molecular weight excluding hydrogens is 272 g/mol. The maximum atomic E-state index is 6.00. The van der Waals surface area contributed by atoms with Gasteiger partial charge in [-0.05, 0) is 6.07 Å². The second-order valence-corrected chi connectivity index (χ2v) is 5.92. The second kappa shape index (κ2) is 5.89. The molecule has 106 valence electrons. The van der Waals surface area contributed by atoms with Crippen LogP contribution in [0.1, 0.15) is 5.89 Å². The Balaban J connectivity index is 2.04. The average molecular weight is 291 g/mol. The van der Waals surface area contributed by atoms with Gasteiger partial charge < -0.3 is 14.1 Å². The fraction of sp³-hybridized carbons (Fsp3) is 0.400. The molecule has 3 rings (SSSR count). The third-order valence-corrected chi connectivity index (χ3v) is 4.57. The summed E-state index contributed by atoms with van der Waals surface area (Å²) >= 11 is 1.87. The third kappa shape index (κ3) is 2.55. The lowest BCUT2D eigenvalue weighted by Gasteiger charge is -2.09. The highest BCUT2D eigenvalue weighted by Gasteiger charge is 2.23. The number of fused-ring (bicyclic) bond motifs is 1. The van der Waals surface area contributed by atoms with Crippen LogP contribution in [0.5, 0.6) is 0 Å². The summed E-state index contributed by atoms with van der Waals surface area (Å²) in [6.07, 6.45) is 2.13. The van der Waals surface area contributed by atoms with E-state index in [1.807, 2.05) is 30.0 Å². The first-order valence-electron chi connectivity index (χ1n) is 6.75. The third-order valence-electron chi connectivity index (χ3n) is 3.46. The van der Waals surface area contributed by atoms with Gasteiger partial charge in [0.25, 0.3) is 5.52 Å². The van der Waals surface area contributed by atoms with Crippen LogP contribution in [0.4, 0.5) is 0 Å². The number of aromatic nitrogens is 1. The minimum absolute atomic E-state index is 0.674. The summed E-state index contributed by atoms with van der Waals surface area (Å²) in [5.41, 5.74) is 2.03. The van der Waals surface area contributed by atoms with Gasteiger partial charge in [0.05, 0.1) is 11.1 Å². The van der Waals surface area contributed by atoms with Crippen LogP contribution in [-0.4, -0.2) is 38.0 Å². The molecule has 0 unspecified atom stereocenters. The lowest BCUT2D eigenvalue weighted by atomic mass is 10.3. The van der Waals surface area contributed by atoms with Gasteiger partial charge in [-0.1, -0.05) is 12.1 Å². The van der Waals surface area contributed by atoms with Crippen molar-refractivity contribution in [2.75, 3.05) is 33.1 Å². The first-order chi connectivity index (χ1) is 9.79. The number of nitrogens with zero attached hydrogens (tertiary/aromatic N) is 2. The monoisotopic (exact) mass is 291 g/mol. The summed E-state index contributed by atoms with van der Waals surface area (Å²) in [6.45, 7) is 2.56. The van der Waals surface area contributed by atoms with Gasteiger partial charge in [-0.25, -0.2) is 0 Å². The van der Waals surface area contributed by atoms with Gasteiger partial charge >= 0.3 is 5.89 Å². The van der Waals surface area contributed by atoms with Gasteiger partial charge in [0, 0.05) is 32.5 Å². The molecule has 0 saturated carbocycles. The average Bonchev–Trinajstić information content (AvgIpc) is 3.01. The molecule has 1 fully saturated rings. The number of benzene rings is 1. The van der Waals surface area contributed by atoms with Crippen LogP contribution in [-0.2, 0) is 11.3 Å². The minimum atomic E-state index is 0.674. The van der Waals surface area contributed by atoms with Gasteiger partial charge in [0.1, 0.15) is 6.61 Å². The molecule has 1 aliphatic rings. The Kier molecular flexibility index (Phi) is 3.98. The second-order valence-electron chi connectivity index (χ2n) is 4.81. The summed E-state index contributed by atoms with van der Waals surface area (Å²) < 4.78 is 13.4. The van der Waals surface area contributed by atoms with E-state index in [4.69, 9.17) is 9.15 Å². The summed E-state index contributed by atoms with van der Waals surface area (Å²) in [5, 5.41) is 1.26. The number of rotatable bonds is 4. The molecule has 5 heteroatoms. The lowest BCUT2D eigenvalue weighted by molar-refractivity contribution is -0.679. The van der Waals surface area contributed by atoms with E-state index in [9.17, 15) is 0 Å². The van der Waals surface area contributed by atoms with Crippen LogP contribution in [0, 0.1) is 0 Å². The van der Waals surface area contributed by atoms with Crippen LogP contribution in [0.3, 0.4) is 0 Å². The molecule has 0 aliphatic carbocycles. The van der Waals surface area contributed by atoms with E-state index in [-0.39, 0.29) is 0 Å². The Morgan fingerprint density at radius 2 is 2.30 bits per heavy atom. The molecule has 1 aliphatic heterocycles. The topological polar surface area (TPSA) is 29.5 Å². The van der Waals surface area contributed by atoms with E-state index in [1.54, 1.807) is 7.11 Å². The molecule has 1 aromatic carbocycles. The van der Waals surface area contributed by atoms with Gasteiger partial charge in [0.2, 0.25) is 5.58 Å². The summed E-state index contributed by atoms with van der Waals surface area (Å²) in [7, 11) is 3.84. The quantitative estimate of drug-likeness (QED) is 0.809. The number of para-hydroxylation sites is 2. The van der Waals surface area contributed by atoms with Crippen molar-refractivity contribution in [1.82, 2.24) is 4.90 Å². The summed E-state index contributed by atoms with van der Waals surface area (Å²) in [6, 6.07) is 8.13. The Morgan fingerprint density at radius 1 is 1.45 bits per heavy atom. The molecule has 2 heterocycles. The Hall–Kier alpha value is -1.46. The molecule has 0 spiro atoms. The number of methoxy groups -OCH3 is 1. The van der Waals surface area contributed by atoms with Gasteiger partial charge in [-0.2, -0.15) is 4.57 Å². The summed E-state index contributed by atoms with van der Waals surface area (Å²) in [5.74, 6) is 2.03. The van der Waals surface area contributed by atoms with E-state index in [1.165, 1.54) is 5.03 Å². The van der Waals surface area contributed by atoms with Crippen molar-refractivity contribution in [2.24, 2.45) is 0 Å². The van der Waals surface area contributed by atoms with Crippen molar-refractivity contribution in [1.29, 1.82) is 0 Å². The van der Waals surface area contributed by atoms with E-state index in [0.29, 0.717) is 6.61 Å². The van der Waals surface area contributed by atoms with Gasteiger partial charge in [-0.3, -0.25) is 0 Å². The highest BCUT2D eigenvalue weighted by Crippen LogP contribution is 2.28. The van der Waals surface area contributed by atoms with Crippen molar-refractivity contribution in [3.8, 4) is 0 Å². The molecule has 1 saturated heterocycles. The summed E-state index contributed by atoms with van der Waals surface area (Å²) in [4.78, 5) is 2.26. The zero-order chi connectivity index (χ0) is 13.9. The number of thioether (sulfide) groups is 1. The molecule has 0 N–H and O–H groups in total. The molecule has 1 aromatic heterocycles. The number of ether oxygens (including phenoxy) is 1. The molecule has 2 aromatic rings. The SMILES string of the molecule is COCC[n+]1c(/C=C2\SCCN2C)oc2ccccc21. The van der Waals surface area contributed by atoms with Crippen molar-refractivity contribution < 1.29 is 13.7 Å². The first-order valence-corrected chi connectivity index (χ1v) is 7.74. The van der Waals surface area contributed by atoms with E-state index >= 15 is 0 Å². The molecule has 4 nitrogen and oxygen atoms in total. The van der Waals surface area contributed by atoms with Crippen LogP contribution < -0.4 is 4.57 Å². The van der Waals surface area contributed by atoms with E-state index in [2.05, 4.69) is 28.7 Å². The van der Waals surface area contributed by atoms with Crippen molar-refractivity contribution in [3.05, 3.63) is 35.2 Å². The Bertz CT molecular complexity index is 636. The van der Waals surface area contributed by atoms with E-state index < -0.39 is 0 Å². The smallest absolute Gasteiger partial charge is 0.376 e. The van der Waals surface area contributed by atoms with Crippen molar-refractivity contribution in [2.45, 2.75) is 6.54 Å². The highest BCUT2D eigenvalue weighted by atomic mass is 32.2.